The molecule has 136 valence electrons. The molecule has 1 aliphatic carbocycles. The summed E-state index contributed by atoms with van der Waals surface area (Å²) >= 11 is 0. The van der Waals surface area contributed by atoms with E-state index in [1.807, 2.05) is 32.0 Å². The Kier molecular flexibility index (Phi) is 6.01. The molecule has 4 N–H and O–H groups in total. The molecule has 0 saturated carbocycles. The molecule has 0 fully saturated rings. The highest BCUT2D eigenvalue weighted by Crippen LogP contribution is 2.32. The molecule has 1 aliphatic rings. The third kappa shape index (κ3) is 4.63. The van der Waals surface area contributed by atoms with Gasteiger partial charge in [0.1, 0.15) is 11.5 Å². The minimum absolute atomic E-state index is 0.0303. The Morgan fingerprint density at radius 2 is 1.73 bits per heavy atom. The summed E-state index contributed by atoms with van der Waals surface area (Å²) in [6, 6.07) is 12.6. The number of carbonyl (C=O) groups is 2. The van der Waals surface area contributed by atoms with E-state index in [4.69, 9.17) is 10.2 Å². The summed E-state index contributed by atoms with van der Waals surface area (Å²) in [4.78, 5) is 23.7. The number of allylic oxidation sites excluding steroid dienone is 3. The minimum atomic E-state index is -1.64. The maximum Gasteiger partial charge on any atom is 0.323 e. The minimum Gasteiger partial charge on any atom is -0.480 e. The Labute approximate surface area is 152 Å². The monoisotopic (exact) mass is 354 g/mol. The average molecular weight is 354 g/mol. The van der Waals surface area contributed by atoms with Gasteiger partial charge < -0.3 is 20.6 Å². The smallest absolute Gasteiger partial charge is 0.323 e. The van der Waals surface area contributed by atoms with E-state index in [-0.39, 0.29) is 6.42 Å². The van der Waals surface area contributed by atoms with Crippen LogP contribution in [-0.4, -0.2) is 17.0 Å². The van der Waals surface area contributed by atoms with Crippen molar-refractivity contribution >= 4 is 17.6 Å². The number of rotatable bonds is 3. The Morgan fingerprint density at radius 3 is 2.19 bits per heavy atom. The average Bonchev–Trinajstić information content (AvgIpc) is 2.99. The molecule has 1 aromatic carbocycles. The zero-order valence-electron chi connectivity index (χ0n) is 14.7. The first-order chi connectivity index (χ1) is 12.3. The first kappa shape index (κ1) is 19.1. The number of anilines is 1. The highest BCUT2D eigenvalue weighted by molar-refractivity contribution is 6.10. The van der Waals surface area contributed by atoms with Crippen LogP contribution in [0, 0.1) is 19.3 Å². The van der Waals surface area contributed by atoms with Crippen molar-refractivity contribution < 1.29 is 19.1 Å². The van der Waals surface area contributed by atoms with Crippen LogP contribution in [-0.2, 0) is 9.59 Å². The number of aryl methyl sites for hydroxylation is 2. The van der Waals surface area contributed by atoms with Crippen molar-refractivity contribution in [3.63, 3.8) is 0 Å². The maximum atomic E-state index is 12.3. The number of carboxylic acid groups (broad SMARTS) is 1. The van der Waals surface area contributed by atoms with Crippen LogP contribution in [0.15, 0.2) is 70.8 Å². The number of benzene rings is 1. The summed E-state index contributed by atoms with van der Waals surface area (Å²) in [5.74, 6) is 0.154. The summed E-state index contributed by atoms with van der Waals surface area (Å²) in [6.07, 6.45) is 4.43. The van der Waals surface area contributed by atoms with Gasteiger partial charge in [-0.1, -0.05) is 30.4 Å². The number of aliphatic carboxylic acids is 1. The second-order valence-corrected chi connectivity index (χ2v) is 6.03. The fraction of sp³-hybridized carbons (Fsp3) is 0.200. The predicted octanol–water partition coefficient (Wildman–Crippen LogP) is 3.40. The van der Waals surface area contributed by atoms with Gasteiger partial charge in [-0.05, 0) is 44.2 Å². The molecule has 1 atom stereocenters. The van der Waals surface area contributed by atoms with E-state index in [0.29, 0.717) is 11.4 Å². The molecule has 1 heterocycles. The number of hydrogen-bond donors (Lipinski definition) is 3. The molecule has 2 aromatic rings. The van der Waals surface area contributed by atoms with E-state index < -0.39 is 17.3 Å². The van der Waals surface area contributed by atoms with Gasteiger partial charge in [-0.2, -0.15) is 0 Å². The molecule has 0 bridgehead atoms. The summed E-state index contributed by atoms with van der Waals surface area (Å²) in [5, 5.41) is 12.0. The van der Waals surface area contributed by atoms with E-state index in [9.17, 15) is 14.7 Å². The summed E-state index contributed by atoms with van der Waals surface area (Å²) in [6.45, 7) is 3.88. The highest BCUT2D eigenvalue weighted by atomic mass is 16.4. The first-order valence-corrected chi connectivity index (χ1v) is 8.10. The number of carbonyl (C=O) groups excluding carboxylic acids is 1. The molecule has 0 aliphatic heterocycles. The van der Waals surface area contributed by atoms with Crippen molar-refractivity contribution in [1.82, 2.24) is 0 Å². The van der Waals surface area contributed by atoms with E-state index in [1.165, 1.54) is 12.2 Å². The van der Waals surface area contributed by atoms with Gasteiger partial charge in [-0.25, -0.2) is 0 Å². The van der Waals surface area contributed by atoms with Crippen LogP contribution in [0.5, 0.6) is 0 Å². The van der Waals surface area contributed by atoms with Crippen LogP contribution < -0.4 is 11.1 Å². The zero-order valence-corrected chi connectivity index (χ0v) is 14.7. The number of nitrogens with two attached hydrogens (primary N) is 1. The fourth-order valence-electron chi connectivity index (χ4n) is 2.50. The number of nitrogens with one attached hydrogen (secondary N) is 1. The van der Waals surface area contributed by atoms with E-state index >= 15 is 0 Å². The zero-order chi connectivity index (χ0) is 19.2. The Hall–Kier alpha value is -3.28. The lowest BCUT2D eigenvalue weighted by atomic mass is 9.79. The summed E-state index contributed by atoms with van der Waals surface area (Å²) in [7, 11) is 0. The second kappa shape index (κ2) is 8.20. The molecule has 0 saturated heterocycles. The largest absolute Gasteiger partial charge is 0.480 e. The Morgan fingerprint density at radius 1 is 1.12 bits per heavy atom. The molecule has 6 heteroatoms. The van der Waals surface area contributed by atoms with Gasteiger partial charge in [0.25, 0.3) is 0 Å². The van der Waals surface area contributed by atoms with Gasteiger partial charge in [0.05, 0.1) is 0 Å². The van der Waals surface area contributed by atoms with Gasteiger partial charge in [-0.15, -0.1) is 0 Å². The highest BCUT2D eigenvalue weighted by Gasteiger charge is 2.45. The number of carboxylic acids is 1. The van der Waals surface area contributed by atoms with Gasteiger partial charge in [0, 0.05) is 17.8 Å². The van der Waals surface area contributed by atoms with Crippen LogP contribution in [0.3, 0.4) is 0 Å². The van der Waals surface area contributed by atoms with Crippen LogP contribution in [0.4, 0.5) is 5.69 Å². The van der Waals surface area contributed by atoms with Crippen molar-refractivity contribution in [2.24, 2.45) is 11.1 Å². The standard InChI is InChI=1S/C14H14N2O3.C6H8O/c15-10-5-4-8-14(9-10,13(18)19)12(17)16-11-6-2-1-3-7-11;1-5-3-4-6(2)7-5/h1-8H,9,15H2,(H,16,17)(H,18,19);3-4H,1-2H3. The van der Waals surface area contributed by atoms with Gasteiger partial charge in [0.2, 0.25) is 5.91 Å². The van der Waals surface area contributed by atoms with Crippen LogP contribution in [0.25, 0.3) is 0 Å². The van der Waals surface area contributed by atoms with E-state index in [1.54, 1.807) is 30.3 Å². The van der Waals surface area contributed by atoms with Crippen molar-refractivity contribution in [1.29, 1.82) is 0 Å². The summed E-state index contributed by atoms with van der Waals surface area (Å²) in [5.41, 5.74) is 4.92. The molecule has 1 amide bonds. The number of amides is 1. The third-order valence-corrected chi connectivity index (χ3v) is 3.87. The third-order valence-electron chi connectivity index (χ3n) is 3.87. The maximum absolute atomic E-state index is 12.3. The predicted molar refractivity (Wildman–Crippen MR) is 99.3 cm³/mol. The van der Waals surface area contributed by atoms with E-state index in [0.717, 1.165) is 11.5 Å². The number of hydrogen-bond acceptors (Lipinski definition) is 4. The molecular formula is C20H22N2O4. The lowest BCUT2D eigenvalue weighted by Gasteiger charge is -2.27. The van der Waals surface area contributed by atoms with Crippen molar-refractivity contribution in [3.05, 3.63) is 77.9 Å². The van der Waals surface area contributed by atoms with Crippen molar-refractivity contribution in [2.75, 3.05) is 5.32 Å². The second-order valence-electron chi connectivity index (χ2n) is 6.03. The summed E-state index contributed by atoms with van der Waals surface area (Å²) < 4.78 is 5.08. The Bertz CT molecular complexity index is 820. The lowest BCUT2D eigenvalue weighted by molar-refractivity contribution is -0.150. The molecule has 3 rings (SSSR count). The number of furan rings is 1. The van der Waals surface area contributed by atoms with Crippen molar-refractivity contribution in [2.45, 2.75) is 20.3 Å². The SMILES string of the molecule is Cc1ccc(C)o1.NC1=CC=CC(C(=O)O)(C(=O)Nc2ccccc2)C1. The topological polar surface area (TPSA) is 106 Å². The molecular weight excluding hydrogens is 332 g/mol. The molecule has 6 nitrogen and oxygen atoms in total. The molecule has 1 unspecified atom stereocenters. The van der Waals surface area contributed by atoms with Crippen molar-refractivity contribution in [3.8, 4) is 0 Å². The molecule has 26 heavy (non-hydrogen) atoms. The number of para-hydroxylation sites is 1. The molecule has 0 spiro atoms. The Balaban J connectivity index is 0.000000290. The van der Waals surface area contributed by atoms with Gasteiger partial charge in [-0.3, -0.25) is 9.59 Å². The van der Waals surface area contributed by atoms with Crippen LogP contribution in [0.1, 0.15) is 17.9 Å². The van der Waals surface area contributed by atoms with Gasteiger partial charge >= 0.3 is 5.97 Å². The van der Waals surface area contributed by atoms with Crippen LogP contribution in [0.2, 0.25) is 0 Å². The molecule has 0 radical (unpaired) electrons. The first-order valence-electron chi connectivity index (χ1n) is 8.10. The van der Waals surface area contributed by atoms with E-state index in [2.05, 4.69) is 5.32 Å². The molecule has 1 aromatic heterocycles. The normalized spacial score (nSPS) is 18.3. The quantitative estimate of drug-likeness (QED) is 0.733. The fourth-order valence-corrected chi connectivity index (χ4v) is 2.50. The lowest BCUT2D eigenvalue weighted by Crippen LogP contribution is -2.43. The van der Waals surface area contributed by atoms with Crippen LogP contribution >= 0.6 is 0 Å². The van der Waals surface area contributed by atoms with Gasteiger partial charge in [0.15, 0.2) is 5.41 Å².